The van der Waals surface area contributed by atoms with Crippen LogP contribution in [0.4, 0.5) is 79.0 Å². The zero-order chi connectivity index (χ0) is 25.9. The fraction of sp³-hybridized carbons (Fsp3) is 1.00. The van der Waals surface area contributed by atoms with E-state index < -0.39 is 66.5 Å². The Labute approximate surface area is 157 Å². The van der Waals surface area contributed by atoms with Crippen LogP contribution in [0.1, 0.15) is 0 Å². The minimum absolute atomic E-state index is 3.12. The Hall–Kier alpha value is -1.34. The Kier molecular flexibility index (Phi) is 7.02. The molecule has 31 heavy (non-hydrogen) atoms. The normalized spacial score (nSPS) is 16.6. The zero-order valence-corrected chi connectivity index (χ0v) is 13.6. The summed E-state index contributed by atoms with van der Waals surface area (Å²) >= 11 is 0. The van der Waals surface area contributed by atoms with Gasteiger partial charge in [-0.1, -0.05) is 0 Å². The summed E-state index contributed by atoms with van der Waals surface area (Å²) in [5, 5.41) is 16.3. The molecule has 0 aliphatic heterocycles. The van der Waals surface area contributed by atoms with Crippen LogP contribution in [0.15, 0.2) is 0 Å². The third kappa shape index (κ3) is 3.47. The Morgan fingerprint density at radius 1 is 0.355 bits per heavy atom. The van der Waals surface area contributed by atoms with Crippen molar-refractivity contribution in [2.24, 2.45) is 0 Å². The van der Waals surface area contributed by atoms with Gasteiger partial charge in [-0.15, -0.1) is 0 Å². The molecule has 0 saturated heterocycles. The molecule has 0 unspecified atom stereocenters. The summed E-state index contributed by atoms with van der Waals surface area (Å²) in [4.78, 5) is 0. The van der Waals surface area contributed by atoms with Crippen molar-refractivity contribution in [2.45, 2.75) is 53.3 Å². The summed E-state index contributed by atoms with van der Waals surface area (Å²) in [6, 6.07) is 0. The summed E-state index contributed by atoms with van der Waals surface area (Å²) in [6.07, 6.45) is -16.5. The molecule has 0 bridgehead atoms. The molecule has 0 amide bonds. The number of hydrogen-bond donors (Lipinski definition) is 2. The first-order valence-electron chi connectivity index (χ1n) is 6.74. The molecule has 0 aliphatic carbocycles. The first kappa shape index (κ1) is 29.7. The Morgan fingerprint density at radius 3 is 0.806 bits per heavy atom. The number of rotatable bonds is 8. The highest BCUT2D eigenvalue weighted by molar-refractivity contribution is 5.19. The van der Waals surface area contributed by atoms with E-state index in [-0.39, 0.29) is 0 Å². The van der Waals surface area contributed by atoms with Gasteiger partial charge in [0.05, 0.1) is 13.2 Å². The van der Waals surface area contributed by atoms with Crippen LogP contribution >= 0.6 is 0 Å². The maximum atomic E-state index is 13.4. The van der Waals surface area contributed by atoms with Crippen molar-refractivity contribution in [3.05, 3.63) is 0 Å². The largest absolute Gasteiger partial charge is 0.438 e. The fourth-order valence-corrected chi connectivity index (χ4v) is 1.85. The highest BCUT2D eigenvalue weighted by atomic mass is 19.4. The van der Waals surface area contributed by atoms with Crippen LogP contribution in [-0.2, 0) is 0 Å². The van der Waals surface area contributed by atoms with Crippen LogP contribution in [0.5, 0.6) is 0 Å². The highest BCUT2D eigenvalue weighted by Gasteiger charge is 2.98. The smallest absolute Gasteiger partial charge is 0.393 e. The molecule has 0 spiro atoms. The van der Waals surface area contributed by atoms with Crippen molar-refractivity contribution >= 4 is 0 Å². The van der Waals surface area contributed by atoms with Gasteiger partial charge in [-0.25, -0.2) is 8.78 Å². The molecule has 0 aliphatic rings. The molecule has 0 rings (SSSR count). The maximum Gasteiger partial charge on any atom is 0.438 e. The molecule has 0 aromatic rings. The molecule has 0 fully saturated rings. The second-order valence-corrected chi connectivity index (χ2v) is 5.81. The van der Waals surface area contributed by atoms with Crippen LogP contribution in [0.3, 0.4) is 0 Å². The predicted octanol–water partition coefficient (Wildman–Crippen LogP) is 4.69. The van der Waals surface area contributed by atoms with Gasteiger partial charge in [0, 0.05) is 0 Å². The third-order valence-corrected chi connectivity index (χ3v) is 3.86. The van der Waals surface area contributed by atoms with Crippen LogP contribution in [-0.4, -0.2) is 76.7 Å². The second-order valence-electron chi connectivity index (χ2n) is 5.81. The van der Waals surface area contributed by atoms with Gasteiger partial charge >= 0.3 is 47.6 Å². The van der Waals surface area contributed by atoms with E-state index in [9.17, 15) is 79.0 Å². The summed E-state index contributed by atoms with van der Waals surface area (Å²) in [5.41, 5.74) is -14.5. The van der Waals surface area contributed by atoms with Crippen molar-refractivity contribution < 1.29 is 89.2 Å². The summed E-state index contributed by atoms with van der Waals surface area (Å²) in [5.74, 6) is -42.6. The van der Waals surface area contributed by atoms with E-state index in [1.807, 2.05) is 0 Å². The van der Waals surface area contributed by atoms with Gasteiger partial charge in [-0.05, 0) is 0 Å². The molecule has 0 heterocycles. The van der Waals surface area contributed by atoms with Gasteiger partial charge in [0.15, 0.2) is 0 Å². The van der Waals surface area contributed by atoms with Crippen molar-refractivity contribution in [1.82, 2.24) is 0 Å². The van der Waals surface area contributed by atoms with E-state index in [1.165, 1.54) is 0 Å². The molecule has 2 N–H and O–H groups in total. The molecule has 2 nitrogen and oxygen atoms in total. The molecular formula is C11H6F18O2. The van der Waals surface area contributed by atoms with Gasteiger partial charge in [-0.3, -0.25) is 0 Å². The SMILES string of the molecule is OCC(F)(CO)C(F)(F)C(F)(F)C(F)(F)C(F)(F)C(F)(F)C(F)(C(F)(F)F)C(F)(F)F. The fourth-order valence-electron chi connectivity index (χ4n) is 1.85. The lowest BCUT2D eigenvalue weighted by Gasteiger charge is -2.45. The molecule has 188 valence electrons. The molecular weight excluding hydrogens is 506 g/mol. The highest BCUT2D eigenvalue weighted by Crippen LogP contribution is 2.66. The van der Waals surface area contributed by atoms with Gasteiger partial charge < -0.3 is 10.2 Å². The minimum atomic E-state index is -8.96. The van der Waals surface area contributed by atoms with E-state index in [2.05, 4.69) is 0 Å². The van der Waals surface area contributed by atoms with Crippen molar-refractivity contribution in [3.63, 3.8) is 0 Å². The first-order valence-corrected chi connectivity index (χ1v) is 6.74. The zero-order valence-electron chi connectivity index (χ0n) is 13.6. The lowest BCUT2D eigenvalue weighted by molar-refractivity contribution is -0.470. The number of halogens is 18. The van der Waals surface area contributed by atoms with Gasteiger partial charge in [0.1, 0.15) is 0 Å². The van der Waals surface area contributed by atoms with Crippen LogP contribution < -0.4 is 0 Å². The van der Waals surface area contributed by atoms with Crippen molar-refractivity contribution in [2.75, 3.05) is 13.2 Å². The average molecular weight is 512 g/mol. The topological polar surface area (TPSA) is 40.5 Å². The quantitative estimate of drug-likeness (QED) is 0.464. The third-order valence-electron chi connectivity index (χ3n) is 3.86. The van der Waals surface area contributed by atoms with Gasteiger partial charge in [-0.2, -0.15) is 70.2 Å². The lowest BCUT2D eigenvalue weighted by Crippen LogP contribution is -2.78. The Bertz CT molecular complexity index is 628. The first-order chi connectivity index (χ1) is 13.1. The lowest BCUT2D eigenvalue weighted by atomic mass is 9.82. The van der Waals surface area contributed by atoms with E-state index in [0.29, 0.717) is 0 Å². The molecule has 0 atom stereocenters. The Balaban J connectivity index is 7.11. The number of aliphatic hydroxyl groups excluding tert-OH is 2. The summed E-state index contributed by atoms with van der Waals surface area (Å²) < 4.78 is 234. The summed E-state index contributed by atoms with van der Waals surface area (Å²) in [6.45, 7) is -6.25. The Morgan fingerprint density at radius 2 is 0.581 bits per heavy atom. The van der Waals surface area contributed by atoms with Crippen LogP contribution in [0.2, 0.25) is 0 Å². The van der Waals surface area contributed by atoms with E-state index in [1.54, 1.807) is 0 Å². The number of alkyl halides is 18. The van der Waals surface area contributed by atoms with Crippen LogP contribution in [0, 0.1) is 0 Å². The standard InChI is InChI=1S/C11H6F18O2/c12-3(1-30,2-31)5(14,15)7(18,19)9(22,23)8(20,21)6(16,17)4(13,10(24,25)26)11(27,28)29/h30-31H,1-2H2. The number of hydrogen-bond acceptors (Lipinski definition) is 2. The molecule has 0 aromatic heterocycles. The predicted molar refractivity (Wildman–Crippen MR) is 58.7 cm³/mol. The maximum absolute atomic E-state index is 13.4. The van der Waals surface area contributed by atoms with E-state index in [0.717, 1.165) is 0 Å². The molecule has 0 aromatic carbocycles. The van der Waals surface area contributed by atoms with Gasteiger partial charge in [0.25, 0.3) is 0 Å². The number of aliphatic hydroxyl groups is 2. The molecule has 0 saturated carbocycles. The average Bonchev–Trinajstić information content (AvgIpc) is 2.56. The summed E-state index contributed by atoms with van der Waals surface area (Å²) in [7, 11) is 0. The van der Waals surface area contributed by atoms with E-state index in [4.69, 9.17) is 10.2 Å². The monoisotopic (exact) mass is 512 g/mol. The molecule has 20 heteroatoms. The van der Waals surface area contributed by atoms with Crippen molar-refractivity contribution in [3.8, 4) is 0 Å². The molecule has 0 radical (unpaired) electrons. The second kappa shape index (κ2) is 7.34. The van der Waals surface area contributed by atoms with Crippen LogP contribution in [0.25, 0.3) is 0 Å². The van der Waals surface area contributed by atoms with E-state index >= 15 is 0 Å². The van der Waals surface area contributed by atoms with Gasteiger partial charge in [0.2, 0.25) is 5.67 Å². The van der Waals surface area contributed by atoms with Crippen molar-refractivity contribution in [1.29, 1.82) is 0 Å². The minimum Gasteiger partial charge on any atom is -0.393 e.